The Labute approximate surface area is 119 Å². The molecule has 0 bridgehead atoms. The van der Waals surface area contributed by atoms with E-state index in [1.165, 1.54) is 18.3 Å². The molecule has 2 aromatic carbocycles. The number of nitrogens with one attached hydrogen (secondary N) is 1. The highest BCUT2D eigenvalue weighted by atomic mass is 19.1. The van der Waals surface area contributed by atoms with Crippen molar-refractivity contribution in [2.45, 2.75) is 0 Å². The fraction of sp³-hybridized carbons (Fsp3) is 0. The van der Waals surface area contributed by atoms with Crippen molar-refractivity contribution in [1.29, 1.82) is 0 Å². The van der Waals surface area contributed by atoms with Gasteiger partial charge in [0, 0.05) is 22.7 Å². The smallest absolute Gasteiger partial charge is 0.260 e. The van der Waals surface area contributed by atoms with Gasteiger partial charge in [0.15, 0.2) is 0 Å². The van der Waals surface area contributed by atoms with Gasteiger partial charge in [0.05, 0.1) is 5.56 Å². The zero-order valence-corrected chi connectivity index (χ0v) is 10.9. The summed E-state index contributed by atoms with van der Waals surface area (Å²) in [6, 6.07) is 13.0. The van der Waals surface area contributed by atoms with E-state index in [4.69, 9.17) is 0 Å². The van der Waals surface area contributed by atoms with Crippen LogP contribution in [0.2, 0.25) is 0 Å². The Balaban J connectivity index is 2.01. The van der Waals surface area contributed by atoms with Gasteiger partial charge in [-0.05, 0) is 24.3 Å². The molecule has 1 aromatic heterocycles. The second-order valence-corrected chi connectivity index (χ2v) is 4.47. The van der Waals surface area contributed by atoms with Crippen LogP contribution < -0.4 is 5.32 Å². The van der Waals surface area contributed by atoms with Gasteiger partial charge in [-0.3, -0.25) is 4.79 Å². The molecule has 4 nitrogen and oxygen atoms in total. The Bertz CT molecular complexity index is 833. The van der Waals surface area contributed by atoms with Gasteiger partial charge in [-0.15, -0.1) is 0 Å². The van der Waals surface area contributed by atoms with E-state index in [0.717, 1.165) is 0 Å². The Morgan fingerprint density at radius 2 is 1.81 bits per heavy atom. The molecule has 0 atom stereocenters. The number of fused-ring (bicyclic) bond motifs is 1. The molecule has 1 amide bonds. The summed E-state index contributed by atoms with van der Waals surface area (Å²) in [6.45, 7) is 0. The monoisotopic (exact) mass is 282 g/mol. The summed E-state index contributed by atoms with van der Waals surface area (Å²) in [4.78, 5) is 15.6. The van der Waals surface area contributed by atoms with Gasteiger partial charge in [-0.25, -0.2) is 4.98 Å². The first-order valence-corrected chi connectivity index (χ1v) is 6.29. The van der Waals surface area contributed by atoms with Crippen molar-refractivity contribution < 1.29 is 14.3 Å². The van der Waals surface area contributed by atoms with Gasteiger partial charge >= 0.3 is 0 Å². The lowest BCUT2D eigenvalue weighted by Crippen LogP contribution is -2.14. The van der Waals surface area contributed by atoms with Crippen molar-refractivity contribution in [2.24, 2.45) is 0 Å². The number of hydrogen-bond acceptors (Lipinski definition) is 3. The lowest BCUT2D eigenvalue weighted by atomic mass is 10.1. The van der Waals surface area contributed by atoms with Crippen molar-refractivity contribution in [1.82, 2.24) is 4.98 Å². The number of hydrogen-bond donors (Lipinski definition) is 2. The standard InChI is InChI=1S/C16H11FN2O2/c17-15-12(6-3-9-18-15)16(21)19-13-7-1-5-11-10(13)4-2-8-14(11)20/h1-9,20H,(H,19,21). The third-order valence-corrected chi connectivity index (χ3v) is 3.15. The molecule has 1 heterocycles. The number of carbonyl (C=O) groups excluding carboxylic acids is 1. The minimum Gasteiger partial charge on any atom is -0.507 e. The molecular formula is C16H11FN2O2. The highest BCUT2D eigenvalue weighted by molar-refractivity contribution is 6.09. The zero-order valence-electron chi connectivity index (χ0n) is 10.9. The third kappa shape index (κ3) is 2.41. The Morgan fingerprint density at radius 1 is 1.05 bits per heavy atom. The number of phenols is 1. The van der Waals surface area contributed by atoms with Crippen molar-refractivity contribution in [3.63, 3.8) is 0 Å². The van der Waals surface area contributed by atoms with Crippen molar-refractivity contribution in [3.8, 4) is 5.75 Å². The molecule has 104 valence electrons. The van der Waals surface area contributed by atoms with Crippen LogP contribution in [-0.4, -0.2) is 16.0 Å². The number of nitrogens with zero attached hydrogens (tertiary/aromatic N) is 1. The predicted molar refractivity (Wildman–Crippen MR) is 77.8 cm³/mol. The molecule has 0 spiro atoms. The number of phenolic OH excluding ortho intramolecular Hbond substituents is 1. The van der Waals surface area contributed by atoms with E-state index < -0.39 is 11.9 Å². The highest BCUT2D eigenvalue weighted by Gasteiger charge is 2.13. The number of carbonyl (C=O) groups is 1. The number of rotatable bonds is 2. The van der Waals surface area contributed by atoms with Crippen LogP contribution in [0.25, 0.3) is 10.8 Å². The molecule has 5 heteroatoms. The molecular weight excluding hydrogens is 271 g/mol. The largest absolute Gasteiger partial charge is 0.507 e. The topological polar surface area (TPSA) is 62.2 Å². The minimum absolute atomic E-state index is 0.121. The average Bonchev–Trinajstić information content (AvgIpc) is 2.49. The molecule has 0 saturated heterocycles. The molecule has 0 fully saturated rings. The number of halogens is 1. The van der Waals surface area contributed by atoms with Gasteiger partial charge in [0.2, 0.25) is 5.95 Å². The quantitative estimate of drug-likeness (QED) is 0.709. The van der Waals surface area contributed by atoms with Gasteiger partial charge in [0.25, 0.3) is 5.91 Å². The van der Waals surface area contributed by atoms with E-state index in [1.807, 2.05) is 0 Å². The van der Waals surface area contributed by atoms with Gasteiger partial charge in [0.1, 0.15) is 5.75 Å². The second-order valence-electron chi connectivity index (χ2n) is 4.47. The Kier molecular flexibility index (Phi) is 3.23. The second kappa shape index (κ2) is 5.20. The lowest BCUT2D eigenvalue weighted by Gasteiger charge is -2.09. The molecule has 0 saturated carbocycles. The maximum absolute atomic E-state index is 13.5. The van der Waals surface area contributed by atoms with Crippen molar-refractivity contribution >= 4 is 22.4 Å². The van der Waals surface area contributed by atoms with Crippen LogP contribution >= 0.6 is 0 Å². The van der Waals surface area contributed by atoms with Crippen molar-refractivity contribution in [3.05, 3.63) is 66.2 Å². The van der Waals surface area contributed by atoms with Crippen LogP contribution in [0.5, 0.6) is 5.75 Å². The maximum atomic E-state index is 13.5. The van der Waals surface area contributed by atoms with Crippen LogP contribution in [0.15, 0.2) is 54.7 Å². The molecule has 3 rings (SSSR count). The molecule has 3 aromatic rings. The fourth-order valence-electron chi connectivity index (χ4n) is 2.15. The van der Waals surface area contributed by atoms with Crippen LogP contribution in [0.3, 0.4) is 0 Å². The van der Waals surface area contributed by atoms with E-state index in [2.05, 4.69) is 10.3 Å². The van der Waals surface area contributed by atoms with Crippen LogP contribution in [0, 0.1) is 5.95 Å². The molecule has 0 unspecified atom stereocenters. The minimum atomic E-state index is -0.821. The summed E-state index contributed by atoms with van der Waals surface area (Å²) in [5, 5.41) is 13.7. The first-order valence-electron chi connectivity index (χ1n) is 6.29. The third-order valence-electron chi connectivity index (χ3n) is 3.15. The van der Waals surface area contributed by atoms with E-state index in [-0.39, 0.29) is 11.3 Å². The lowest BCUT2D eigenvalue weighted by molar-refractivity contribution is 0.102. The maximum Gasteiger partial charge on any atom is 0.260 e. The first kappa shape index (κ1) is 13.1. The number of amides is 1. The number of benzene rings is 2. The molecule has 2 N–H and O–H groups in total. The Morgan fingerprint density at radius 3 is 2.62 bits per heavy atom. The predicted octanol–water partition coefficient (Wildman–Crippen LogP) is 3.33. The summed E-state index contributed by atoms with van der Waals surface area (Å²) in [5.41, 5.74) is 0.367. The summed E-state index contributed by atoms with van der Waals surface area (Å²) in [6.07, 6.45) is 1.28. The number of aromatic hydroxyl groups is 1. The highest BCUT2D eigenvalue weighted by Crippen LogP contribution is 2.30. The Hall–Kier alpha value is -2.95. The summed E-state index contributed by atoms with van der Waals surface area (Å²) >= 11 is 0. The van der Waals surface area contributed by atoms with E-state index in [0.29, 0.717) is 16.5 Å². The number of aromatic nitrogens is 1. The van der Waals surface area contributed by atoms with E-state index in [9.17, 15) is 14.3 Å². The molecule has 21 heavy (non-hydrogen) atoms. The molecule has 0 aliphatic rings. The van der Waals surface area contributed by atoms with Gasteiger partial charge in [-0.2, -0.15) is 4.39 Å². The van der Waals surface area contributed by atoms with E-state index >= 15 is 0 Å². The number of anilines is 1. The first-order chi connectivity index (χ1) is 10.2. The summed E-state index contributed by atoms with van der Waals surface area (Å²) in [5.74, 6) is -1.29. The molecule has 0 aliphatic carbocycles. The van der Waals surface area contributed by atoms with Gasteiger partial charge in [-0.1, -0.05) is 24.3 Å². The van der Waals surface area contributed by atoms with E-state index in [1.54, 1.807) is 36.4 Å². The van der Waals surface area contributed by atoms with Crippen LogP contribution in [-0.2, 0) is 0 Å². The van der Waals surface area contributed by atoms with Crippen molar-refractivity contribution in [2.75, 3.05) is 5.32 Å². The normalized spacial score (nSPS) is 10.5. The summed E-state index contributed by atoms with van der Waals surface area (Å²) < 4.78 is 13.5. The summed E-state index contributed by atoms with van der Waals surface area (Å²) in [7, 11) is 0. The van der Waals surface area contributed by atoms with Gasteiger partial charge < -0.3 is 10.4 Å². The average molecular weight is 282 g/mol. The van der Waals surface area contributed by atoms with Crippen LogP contribution in [0.1, 0.15) is 10.4 Å². The fourth-order valence-corrected chi connectivity index (χ4v) is 2.15. The molecule has 0 aliphatic heterocycles. The van der Waals surface area contributed by atoms with Crippen LogP contribution in [0.4, 0.5) is 10.1 Å². The zero-order chi connectivity index (χ0) is 14.8. The SMILES string of the molecule is O=C(Nc1cccc2c(O)cccc12)c1cccnc1F. The molecule has 0 radical (unpaired) electrons. The number of pyridine rings is 1.